The van der Waals surface area contributed by atoms with Gasteiger partial charge in [-0.05, 0) is 35.0 Å². The number of benzene rings is 1. The van der Waals surface area contributed by atoms with Gasteiger partial charge in [0, 0.05) is 17.8 Å². The van der Waals surface area contributed by atoms with Gasteiger partial charge in [-0.2, -0.15) is 0 Å². The second-order valence-electron chi connectivity index (χ2n) is 5.61. The van der Waals surface area contributed by atoms with Crippen LogP contribution in [0.3, 0.4) is 0 Å². The molecule has 1 unspecified atom stereocenters. The summed E-state index contributed by atoms with van der Waals surface area (Å²) < 4.78 is 15.9. The summed E-state index contributed by atoms with van der Waals surface area (Å²) in [6, 6.07) is 14.1. The SMILES string of the molecule is COc1cc(C(=O)NC(c2ccncc2)c2cc3ccccc3o2)on1. The Balaban J connectivity index is 1.70. The fourth-order valence-electron chi connectivity index (χ4n) is 2.68. The van der Waals surface area contributed by atoms with Crippen LogP contribution in [0.2, 0.25) is 0 Å². The number of nitrogens with one attached hydrogen (secondary N) is 1. The molecule has 0 aliphatic heterocycles. The Hall–Kier alpha value is -3.61. The molecule has 0 saturated carbocycles. The van der Waals surface area contributed by atoms with Crippen molar-refractivity contribution in [2.45, 2.75) is 6.04 Å². The smallest absolute Gasteiger partial charge is 0.290 e. The van der Waals surface area contributed by atoms with E-state index in [1.165, 1.54) is 13.2 Å². The van der Waals surface area contributed by atoms with E-state index in [9.17, 15) is 4.79 Å². The van der Waals surface area contributed by atoms with Gasteiger partial charge in [-0.3, -0.25) is 9.78 Å². The van der Waals surface area contributed by atoms with Gasteiger partial charge in [0.2, 0.25) is 5.76 Å². The molecule has 0 bridgehead atoms. The maximum atomic E-state index is 12.6. The molecule has 0 spiro atoms. The summed E-state index contributed by atoms with van der Waals surface area (Å²) in [5.74, 6) is 0.469. The number of ether oxygens (including phenoxy) is 1. The summed E-state index contributed by atoms with van der Waals surface area (Å²) in [5.41, 5.74) is 1.58. The molecule has 0 radical (unpaired) electrons. The molecular formula is C19H15N3O4. The van der Waals surface area contributed by atoms with E-state index in [-0.39, 0.29) is 11.6 Å². The molecule has 26 heavy (non-hydrogen) atoms. The maximum absolute atomic E-state index is 12.6. The van der Waals surface area contributed by atoms with Crippen molar-refractivity contribution in [2.24, 2.45) is 0 Å². The molecule has 3 heterocycles. The van der Waals surface area contributed by atoms with Crippen LogP contribution in [0.25, 0.3) is 11.0 Å². The van der Waals surface area contributed by atoms with Gasteiger partial charge in [0.25, 0.3) is 11.8 Å². The Morgan fingerprint density at radius 3 is 2.69 bits per heavy atom. The Morgan fingerprint density at radius 2 is 1.96 bits per heavy atom. The number of methoxy groups -OCH3 is 1. The van der Waals surface area contributed by atoms with E-state index in [1.54, 1.807) is 12.4 Å². The molecule has 0 saturated heterocycles. The second-order valence-corrected chi connectivity index (χ2v) is 5.61. The zero-order valence-electron chi connectivity index (χ0n) is 13.9. The molecule has 4 rings (SSSR count). The van der Waals surface area contributed by atoms with E-state index < -0.39 is 11.9 Å². The molecule has 0 fully saturated rings. The first-order valence-corrected chi connectivity index (χ1v) is 7.94. The molecule has 1 N–H and O–H groups in total. The van der Waals surface area contributed by atoms with Crippen LogP contribution in [0.1, 0.15) is 27.9 Å². The molecule has 7 nitrogen and oxygen atoms in total. The fraction of sp³-hybridized carbons (Fsp3) is 0.105. The number of aromatic nitrogens is 2. The molecule has 130 valence electrons. The third kappa shape index (κ3) is 3.02. The molecule has 0 aliphatic carbocycles. The Bertz CT molecular complexity index is 1010. The zero-order valence-corrected chi connectivity index (χ0v) is 13.9. The summed E-state index contributed by atoms with van der Waals surface area (Å²) in [7, 11) is 1.45. The summed E-state index contributed by atoms with van der Waals surface area (Å²) in [5, 5.41) is 7.52. The van der Waals surface area contributed by atoms with Crippen LogP contribution in [-0.2, 0) is 0 Å². The highest BCUT2D eigenvalue weighted by Crippen LogP contribution is 2.28. The first-order chi connectivity index (χ1) is 12.7. The van der Waals surface area contributed by atoms with Gasteiger partial charge in [-0.1, -0.05) is 18.2 Å². The number of carbonyl (C=O) groups is 1. The summed E-state index contributed by atoms with van der Waals surface area (Å²) in [4.78, 5) is 16.6. The molecule has 1 amide bonds. The number of furan rings is 1. The zero-order chi connectivity index (χ0) is 17.9. The van der Waals surface area contributed by atoms with E-state index in [2.05, 4.69) is 15.5 Å². The molecule has 7 heteroatoms. The van der Waals surface area contributed by atoms with Gasteiger partial charge in [0.15, 0.2) is 0 Å². The van der Waals surface area contributed by atoms with Crippen molar-refractivity contribution in [1.29, 1.82) is 0 Å². The number of rotatable bonds is 5. The number of fused-ring (bicyclic) bond motifs is 1. The van der Waals surface area contributed by atoms with Crippen LogP contribution in [0.4, 0.5) is 0 Å². The van der Waals surface area contributed by atoms with Crippen LogP contribution in [-0.4, -0.2) is 23.2 Å². The lowest BCUT2D eigenvalue weighted by molar-refractivity contribution is 0.0901. The molecule has 4 aromatic rings. The average molecular weight is 349 g/mol. The van der Waals surface area contributed by atoms with Crippen molar-refractivity contribution in [3.05, 3.63) is 78.0 Å². The molecular weight excluding hydrogens is 334 g/mol. The first-order valence-electron chi connectivity index (χ1n) is 7.94. The largest absolute Gasteiger partial charge is 0.479 e. The van der Waals surface area contributed by atoms with E-state index in [1.807, 2.05) is 42.5 Å². The van der Waals surface area contributed by atoms with Crippen molar-refractivity contribution in [2.75, 3.05) is 7.11 Å². The van der Waals surface area contributed by atoms with Gasteiger partial charge >= 0.3 is 0 Å². The van der Waals surface area contributed by atoms with Crippen molar-refractivity contribution in [3.8, 4) is 5.88 Å². The number of carbonyl (C=O) groups excluding carboxylic acids is 1. The quantitative estimate of drug-likeness (QED) is 0.594. The lowest BCUT2D eigenvalue weighted by atomic mass is 10.1. The van der Waals surface area contributed by atoms with Crippen LogP contribution in [0.5, 0.6) is 5.88 Å². The number of amides is 1. The van der Waals surface area contributed by atoms with Crippen LogP contribution >= 0.6 is 0 Å². The van der Waals surface area contributed by atoms with Gasteiger partial charge in [0.1, 0.15) is 17.4 Å². The number of para-hydroxylation sites is 1. The van der Waals surface area contributed by atoms with E-state index >= 15 is 0 Å². The normalized spacial score (nSPS) is 12.0. The second kappa shape index (κ2) is 6.72. The van der Waals surface area contributed by atoms with Crippen molar-refractivity contribution in [3.63, 3.8) is 0 Å². The number of hydrogen-bond donors (Lipinski definition) is 1. The Kier molecular flexibility index (Phi) is 4.10. The molecule has 0 aliphatic rings. The van der Waals surface area contributed by atoms with Crippen molar-refractivity contribution < 1.29 is 18.5 Å². The average Bonchev–Trinajstić information content (AvgIpc) is 3.33. The van der Waals surface area contributed by atoms with Crippen molar-refractivity contribution in [1.82, 2.24) is 15.5 Å². The van der Waals surface area contributed by atoms with Crippen LogP contribution in [0, 0.1) is 0 Å². The molecule has 1 aromatic carbocycles. The topological polar surface area (TPSA) is 90.4 Å². The number of pyridine rings is 1. The van der Waals surface area contributed by atoms with Gasteiger partial charge in [0.05, 0.1) is 13.2 Å². The first kappa shape index (κ1) is 15.9. The lowest BCUT2D eigenvalue weighted by Crippen LogP contribution is -2.28. The minimum atomic E-state index is -0.506. The van der Waals surface area contributed by atoms with Crippen LogP contribution < -0.4 is 10.1 Å². The minimum absolute atomic E-state index is 0.0528. The van der Waals surface area contributed by atoms with E-state index in [0.717, 1.165) is 16.5 Å². The van der Waals surface area contributed by atoms with Crippen LogP contribution in [0.15, 0.2) is 69.9 Å². The Labute approximate surface area is 148 Å². The maximum Gasteiger partial charge on any atom is 0.290 e. The minimum Gasteiger partial charge on any atom is -0.479 e. The van der Waals surface area contributed by atoms with Gasteiger partial charge < -0.3 is 19.0 Å². The third-order valence-corrected chi connectivity index (χ3v) is 3.97. The summed E-state index contributed by atoms with van der Waals surface area (Å²) >= 11 is 0. The lowest BCUT2D eigenvalue weighted by Gasteiger charge is -2.16. The predicted octanol–water partition coefficient (Wildman–Crippen LogP) is 3.34. The third-order valence-electron chi connectivity index (χ3n) is 3.97. The highest BCUT2D eigenvalue weighted by atomic mass is 16.5. The van der Waals surface area contributed by atoms with E-state index in [0.29, 0.717) is 5.76 Å². The number of nitrogens with zero attached hydrogens (tertiary/aromatic N) is 2. The predicted molar refractivity (Wildman–Crippen MR) is 92.8 cm³/mol. The molecule has 1 atom stereocenters. The van der Waals surface area contributed by atoms with Gasteiger partial charge in [-0.25, -0.2) is 0 Å². The molecule has 3 aromatic heterocycles. The van der Waals surface area contributed by atoms with Gasteiger partial charge in [-0.15, -0.1) is 0 Å². The highest BCUT2D eigenvalue weighted by Gasteiger charge is 2.24. The monoisotopic (exact) mass is 349 g/mol. The van der Waals surface area contributed by atoms with E-state index in [4.69, 9.17) is 13.7 Å². The van der Waals surface area contributed by atoms with Crippen molar-refractivity contribution >= 4 is 16.9 Å². The Morgan fingerprint density at radius 1 is 1.15 bits per heavy atom. The summed E-state index contributed by atoms with van der Waals surface area (Å²) in [6.45, 7) is 0. The highest BCUT2D eigenvalue weighted by molar-refractivity contribution is 5.92. The standard InChI is InChI=1S/C19H15N3O4/c1-24-17-11-16(26-22-17)19(23)21-18(12-6-8-20-9-7-12)15-10-13-4-2-3-5-14(13)25-15/h2-11,18H,1H3,(H,21,23). The number of hydrogen-bond acceptors (Lipinski definition) is 6. The fourth-order valence-corrected chi connectivity index (χ4v) is 2.68. The summed E-state index contributed by atoms with van der Waals surface area (Å²) in [6.07, 6.45) is 3.32.